The predicted molar refractivity (Wildman–Crippen MR) is 306 cm³/mol. The van der Waals surface area contributed by atoms with Crippen LogP contribution in [0.5, 0.6) is 0 Å². The number of allylic oxidation sites excluding steroid dienone is 2. The number of nitrogens with one attached hydrogen (secondary N) is 1. The number of aliphatic hydroxyl groups excluding tert-OH is 2. The molecule has 0 radical (unpaired) electrons. The number of carbonyl (C=O) groups is 2. The summed E-state index contributed by atoms with van der Waals surface area (Å²) in [5.41, 5.74) is 0. The molecule has 3 N–H and O–H groups in total. The summed E-state index contributed by atoms with van der Waals surface area (Å²) in [6.45, 7) is 4.95. The minimum absolute atomic E-state index is 0.00145. The number of hydrogen-bond donors (Lipinski definition) is 3. The highest BCUT2D eigenvalue weighted by molar-refractivity contribution is 5.76. The van der Waals surface area contributed by atoms with Crippen molar-refractivity contribution in [3.8, 4) is 0 Å². The fourth-order valence-corrected chi connectivity index (χ4v) is 10.2. The molecule has 0 aliphatic rings. The van der Waals surface area contributed by atoms with Gasteiger partial charge in [0.2, 0.25) is 5.91 Å². The van der Waals surface area contributed by atoms with Crippen LogP contribution in [-0.2, 0) is 14.3 Å². The molecule has 0 aromatic carbocycles. The molecule has 6 nitrogen and oxygen atoms in total. The largest absolute Gasteiger partial charge is 0.466 e. The standard InChI is InChI=1S/C64H125NO5/c1-3-5-7-9-11-13-15-17-18-19-20-21-24-27-30-33-36-40-44-48-52-56-62(67)61(60-66)65-63(68)57-53-49-45-41-37-34-31-28-25-22-23-26-29-32-35-39-43-47-51-55-59-70-64(69)58-54-50-46-42-38-16-14-12-10-8-6-4-2/h12,14,61-62,66-67H,3-11,13,15-60H2,1-2H3,(H,65,68)/b14-12-. The fraction of sp³-hybridized carbons (Fsp3) is 0.938. The highest BCUT2D eigenvalue weighted by atomic mass is 16.5. The molecule has 0 heterocycles. The molecule has 0 aromatic rings. The molecule has 70 heavy (non-hydrogen) atoms. The Balaban J connectivity index is 3.40. The van der Waals surface area contributed by atoms with Crippen molar-refractivity contribution in [3.05, 3.63) is 12.2 Å². The average Bonchev–Trinajstić information content (AvgIpc) is 3.36. The van der Waals surface area contributed by atoms with Crippen LogP contribution >= 0.6 is 0 Å². The van der Waals surface area contributed by atoms with Crippen LogP contribution in [0.4, 0.5) is 0 Å². The van der Waals surface area contributed by atoms with Crippen molar-refractivity contribution >= 4 is 11.9 Å². The van der Waals surface area contributed by atoms with Gasteiger partial charge in [-0.2, -0.15) is 0 Å². The van der Waals surface area contributed by atoms with Crippen molar-refractivity contribution in [3.63, 3.8) is 0 Å². The predicted octanol–water partition coefficient (Wildman–Crippen LogP) is 20.0. The SMILES string of the molecule is CCCCC/C=C\CCCCCCCC(=O)OCCCCCCCCCCCCCCCCCCCCCCC(=O)NC(CO)C(O)CCCCCCCCCCCCCCCCCCCCCCC. The van der Waals surface area contributed by atoms with Crippen molar-refractivity contribution in [2.75, 3.05) is 13.2 Å². The minimum atomic E-state index is -0.666. The Morgan fingerprint density at radius 3 is 1.04 bits per heavy atom. The van der Waals surface area contributed by atoms with Crippen molar-refractivity contribution < 1.29 is 24.5 Å². The Hall–Kier alpha value is -1.40. The van der Waals surface area contributed by atoms with E-state index in [0.717, 1.165) is 44.9 Å². The first-order valence-electron chi connectivity index (χ1n) is 31.9. The number of carbonyl (C=O) groups excluding carboxylic acids is 2. The molecule has 0 fully saturated rings. The van der Waals surface area contributed by atoms with Gasteiger partial charge in [0, 0.05) is 12.8 Å². The van der Waals surface area contributed by atoms with Gasteiger partial charge in [0.05, 0.1) is 25.4 Å². The van der Waals surface area contributed by atoms with Gasteiger partial charge in [-0.3, -0.25) is 9.59 Å². The van der Waals surface area contributed by atoms with E-state index in [-0.39, 0.29) is 18.5 Å². The number of unbranched alkanes of at least 4 members (excludes halogenated alkanes) is 47. The Bertz CT molecular complexity index is 1050. The fourth-order valence-electron chi connectivity index (χ4n) is 10.2. The molecule has 0 rings (SSSR count). The first kappa shape index (κ1) is 68.6. The van der Waals surface area contributed by atoms with Crippen LogP contribution in [0.2, 0.25) is 0 Å². The lowest BCUT2D eigenvalue weighted by molar-refractivity contribution is -0.143. The molecular formula is C64H125NO5. The molecule has 1 amide bonds. The van der Waals surface area contributed by atoms with Gasteiger partial charge in [-0.15, -0.1) is 0 Å². The summed E-state index contributed by atoms with van der Waals surface area (Å²) < 4.78 is 5.47. The molecule has 2 atom stereocenters. The van der Waals surface area contributed by atoms with Gasteiger partial charge < -0.3 is 20.3 Å². The number of aliphatic hydroxyl groups is 2. The van der Waals surface area contributed by atoms with E-state index in [0.29, 0.717) is 25.9 Å². The number of ether oxygens (including phenoxy) is 1. The number of hydrogen-bond acceptors (Lipinski definition) is 5. The van der Waals surface area contributed by atoms with E-state index in [1.54, 1.807) is 0 Å². The van der Waals surface area contributed by atoms with E-state index >= 15 is 0 Å². The van der Waals surface area contributed by atoms with E-state index in [9.17, 15) is 19.8 Å². The first-order valence-corrected chi connectivity index (χ1v) is 31.9. The first-order chi connectivity index (χ1) is 34.5. The van der Waals surface area contributed by atoms with Gasteiger partial charge >= 0.3 is 5.97 Å². The van der Waals surface area contributed by atoms with E-state index in [2.05, 4.69) is 31.3 Å². The van der Waals surface area contributed by atoms with Gasteiger partial charge in [0.1, 0.15) is 0 Å². The Morgan fingerprint density at radius 2 is 0.671 bits per heavy atom. The summed E-state index contributed by atoms with van der Waals surface area (Å²) in [4.78, 5) is 24.5. The molecule has 0 aliphatic carbocycles. The van der Waals surface area contributed by atoms with Gasteiger partial charge in [0.15, 0.2) is 0 Å². The normalized spacial score (nSPS) is 12.6. The Kier molecular flexibility index (Phi) is 59.0. The monoisotopic (exact) mass is 988 g/mol. The maximum absolute atomic E-state index is 12.5. The summed E-state index contributed by atoms with van der Waals surface area (Å²) in [6.07, 6.45) is 72.2. The second-order valence-electron chi connectivity index (χ2n) is 22.1. The molecular weight excluding hydrogens is 863 g/mol. The smallest absolute Gasteiger partial charge is 0.305 e. The Labute approximate surface area is 438 Å². The second kappa shape index (κ2) is 60.2. The summed E-state index contributed by atoms with van der Waals surface area (Å²) in [5.74, 6) is -0.0314. The molecule has 416 valence electrons. The molecule has 2 unspecified atom stereocenters. The minimum Gasteiger partial charge on any atom is -0.466 e. The van der Waals surface area contributed by atoms with Gasteiger partial charge in [0.25, 0.3) is 0 Å². The quantitative estimate of drug-likeness (QED) is 0.0321. The second-order valence-corrected chi connectivity index (χ2v) is 22.1. The average molecular weight is 989 g/mol. The summed E-state index contributed by atoms with van der Waals surface area (Å²) >= 11 is 0. The van der Waals surface area contributed by atoms with E-state index in [1.165, 1.54) is 283 Å². The lowest BCUT2D eigenvalue weighted by Gasteiger charge is -2.22. The van der Waals surface area contributed by atoms with Crippen LogP contribution in [-0.4, -0.2) is 47.4 Å². The van der Waals surface area contributed by atoms with E-state index in [1.807, 2.05) is 0 Å². The van der Waals surface area contributed by atoms with Crippen molar-refractivity contribution in [2.24, 2.45) is 0 Å². The van der Waals surface area contributed by atoms with Gasteiger partial charge in [-0.25, -0.2) is 0 Å². The topological polar surface area (TPSA) is 95.9 Å². The van der Waals surface area contributed by atoms with Gasteiger partial charge in [-0.1, -0.05) is 309 Å². The van der Waals surface area contributed by atoms with Crippen molar-refractivity contribution in [1.29, 1.82) is 0 Å². The summed E-state index contributed by atoms with van der Waals surface area (Å²) in [6, 6.07) is -0.543. The highest BCUT2D eigenvalue weighted by Gasteiger charge is 2.20. The van der Waals surface area contributed by atoms with E-state index < -0.39 is 12.1 Å². The van der Waals surface area contributed by atoms with Crippen molar-refractivity contribution in [2.45, 2.75) is 373 Å². The van der Waals surface area contributed by atoms with Crippen LogP contribution in [0.3, 0.4) is 0 Å². The van der Waals surface area contributed by atoms with Crippen LogP contribution in [0.1, 0.15) is 361 Å². The molecule has 0 aliphatic heterocycles. The van der Waals surface area contributed by atoms with Crippen LogP contribution < -0.4 is 5.32 Å². The zero-order valence-electron chi connectivity index (χ0n) is 47.5. The van der Waals surface area contributed by atoms with Crippen molar-refractivity contribution in [1.82, 2.24) is 5.32 Å². The third-order valence-electron chi connectivity index (χ3n) is 15.1. The zero-order valence-corrected chi connectivity index (χ0v) is 47.5. The zero-order chi connectivity index (χ0) is 50.7. The van der Waals surface area contributed by atoms with Crippen LogP contribution in [0, 0.1) is 0 Å². The lowest BCUT2D eigenvalue weighted by atomic mass is 10.0. The molecule has 6 heteroatoms. The van der Waals surface area contributed by atoms with Gasteiger partial charge in [-0.05, 0) is 51.4 Å². The summed E-state index contributed by atoms with van der Waals surface area (Å²) in [7, 11) is 0. The highest BCUT2D eigenvalue weighted by Crippen LogP contribution is 2.18. The number of amides is 1. The maximum atomic E-state index is 12.5. The third kappa shape index (κ3) is 55.9. The molecule has 0 saturated carbocycles. The van der Waals surface area contributed by atoms with Crippen LogP contribution in [0.25, 0.3) is 0 Å². The molecule has 0 bridgehead atoms. The summed E-state index contributed by atoms with van der Waals surface area (Å²) in [5, 5.41) is 23.4. The number of esters is 1. The molecule has 0 spiro atoms. The maximum Gasteiger partial charge on any atom is 0.305 e. The molecule has 0 aromatic heterocycles. The van der Waals surface area contributed by atoms with Crippen LogP contribution in [0.15, 0.2) is 12.2 Å². The molecule has 0 saturated heterocycles. The lowest BCUT2D eigenvalue weighted by Crippen LogP contribution is -2.45. The van der Waals surface area contributed by atoms with E-state index in [4.69, 9.17) is 4.74 Å². The Morgan fingerprint density at radius 1 is 0.386 bits per heavy atom. The number of rotatable bonds is 60. The third-order valence-corrected chi connectivity index (χ3v) is 15.1.